The Hall–Kier alpha value is -1.81. The third-order valence-corrected chi connectivity index (χ3v) is 6.46. The highest BCUT2D eigenvalue weighted by Gasteiger charge is 2.50. The fourth-order valence-electron chi connectivity index (χ4n) is 2.47. The number of carbonyl (C=O) groups is 1. The van der Waals surface area contributed by atoms with Crippen LogP contribution in [0, 0.1) is 0 Å². The molecule has 0 aromatic heterocycles. The van der Waals surface area contributed by atoms with Crippen molar-refractivity contribution in [2.75, 3.05) is 18.9 Å². The minimum atomic E-state index is -4.81. The van der Waals surface area contributed by atoms with Crippen LogP contribution < -0.4 is 10.1 Å². The van der Waals surface area contributed by atoms with E-state index in [-0.39, 0.29) is 12.1 Å². The van der Waals surface area contributed by atoms with Gasteiger partial charge in [0.25, 0.3) is 0 Å². The van der Waals surface area contributed by atoms with Gasteiger partial charge >= 0.3 is 6.36 Å². The van der Waals surface area contributed by atoms with Gasteiger partial charge in [-0.25, -0.2) is 12.7 Å². The highest BCUT2D eigenvalue weighted by molar-refractivity contribution is 7.91. The first kappa shape index (κ1) is 18.5. The summed E-state index contributed by atoms with van der Waals surface area (Å²) in [6, 6.07) is 4.49. The van der Waals surface area contributed by atoms with Gasteiger partial charge in [0.05, 0.1) is 0 Å². The molecule has 0 spiro atoms. The van der Waals surface area contributed by atoms with Gasteiger partial charge in [-0.3, -0.25) is 4.79 Å². The van der Waals surface area contributed by atoms with Crippen LogP contribution in [0.3, 0.4) is 0 Å². The fraction of sp³-hybridized carbons (Fsp3) is 0.500. The van der Waals surface area contributed by atoms with Gasteiger partial charge in [-0.15, -0.1) is 13.2 Å². The fourth-order valence-corrected chi connectivity index (χ4v) is 4.21. The van der Waals surface area contributed by atoms with E-state index in [1.54, 1.807) is 0 Å². The number of alkyl halides is 3. The van der Waals surface area contributed by atoms with Crippen molar-refractivity contribution in [3.8, 4) is 5.75 Å². The van der Waals surface area contributed by atoms with E-state index in [0.29, 0.717) is 13.0 Å². The summed E-state index contributed by atoms with van der Waals surface area (Å²) in [6.07, 6.45) is -4.10. The number of anilines is 1. The number of amides is 1. The first-order valence-electron chi connectivity index (χ1n) is 7.09. The van der Waals surface area contributed by atoms with Gasteiger partial charge < -0.3 is 10.1 Å². The largest absolute Gasteiger partial charge is 0.573 e. The second-order valence-electron chi connectivity index (χ2n) is 5.69. The number of halogens is 3. The molecule has 0 radical (unpaired) electrons. The molecule has 0 bridgehead atoms. The number of ether oxygens (including phenoxy) is 1. The molecular formula is C14H17F3N2O4S. The molecule has 134 valence electrons. The first-order valence-corrected chi connectivity index (χ1v) is 8.53. The molecule has 1 aromatic carbocycles. The van der Waals surface area contributed by atoms with E-state index in [0.717, 1.165) is 16.4 Å². The smallest absolute Gasteiger partial charge is 0.406 e. The van der Waals surface area contributed by atoms with Crippen molar-refractivity contribution in [2.45, 2.75) is 30.9 Å². The van der Waals surface area contributed by atoms with Crippen LogP contribution in [-0.4, -0.2) is 43.3 Å². The van der Waals surface area contributed by atoms with E-state index in [4.69, 9.17) is 0 Å². The van der Waals surface area contributed by atoms with Gasteiger partial charge in [-0.2, -0.15) is 0 Å². The number of sulfonamides is 1. The second kappa shape index (κ2) is 6.25. The molecule has 1 N–H and O–H groups in total. The zero-order chi connectivity index (χ0) is 18.2. The Labute approximate surface area is 137 Å². The Kier molecular flexibility index (Phi) is 4.82. The summed E-state index contributed by atoms with van der Waals surface area (Å²) >= 11 is 0. The molecular weight excluding hydrogens is 349 g/mol. The average molecular weight is 366 g/mol. The predicted octanol–water partition coefficient (Wildman–Crippen LogP) is 2.34. The van der Waals surface area contributed by atoms with Crippen LogP contribution in [-0.2, 0) is 14.8 Å². The number of hydrogen-bond donors (Lipinski definition) is 1. The third kappa shape index (κ3) is 3.64. The van der Waals surface area contributed by atoms with Crippen LogP contribution in [0.5, 0.6) is 5.75 Å². The van der Waals surface area contributed by atoms with Crippen molar-refractivity contribution in [1.82, 2.24) is 4.31 Å². The number of nitrogens with one attached hydrogen (secondary N) is 1. The summed E-state index contributed by atoms with van der Waals surface area (Å²) in [7, 11) is -2.40. The summed E-state index contributed by atoms with van der Waals surface area (Å²) < 4.78 is 64.3. The van der Waals surface area contributed by atoms with Crippen LogP contribution in [0.2, 0.25) is 0 Å². The highest BCUT2D eigenvalue weighted by Crippen LogP contribution is 2.32. The molecule has 1 atom stereocenters. The normalized spacial score (nSPS) is 24.4. The van der Waals surface area contributed by atoms with Gasteiger partial charge in [-0.05, 0) is 44.0 Å². The molecule has 0 saturated carbocycles. The number of hydrogen-bond acceptors (Lipinski definition) is 4. The average Bonchev–Trinajstić information content (AvgIpc) is 2.45. The Balaban J connectivity index is 2.14. The molecule has 0 aliphatic carbocycles. The van der Waals surface area contributed by atoms with Crippen molar-refractivity contribution < 1.29 is 31.1 Å². The molecule has 1 fully saturated rings. The Bertz CT molecular complexity index is 719. The molecule has 2 rings (SSSR count). The summed E-state index contributed by atoms with van der Waals surface area (Å²) in [4.78, 5) is 12.4. The Morgan fingerprint density at radius 1 is 1.29 bits per heavy atom. The number of rotatable bonds is 3. The third-order valence-electron chi connectivity index (χ3n) is 3.93. The van der Waals surface area contributed by atoms with Crippen LogP contribution in [0.4, 0.5) is 18.9 Å². The monoisotopic (exact) mass is 366 g/mol. The molecule has 1 aliphatic heterocycles. The van der Waals surface area contributed by atoms with Crippen molar-refractivity contribution in [2.24, 2.45) is 0 Å². The summed E-state index contributed by atoms with van der Waals surface area (Å²) in [5.41, 5.74) is 0.180. The lowest BCUT2D eigenvalue weighted by Gasteiger charge is -2.36. The quantitative estimate of drug-likeness (QED) is 0.891. The Morgan fingerprint density at radius 2 is 1.88 bits per heavy atom. The topological polar surface area (TPSA) is 75.7 Å². The van der Waals surface area contributed by atoms with Gasteiger partial charge in [0.1, 0.15) is 5.75 Å². The molecule has 1 amide bonds. The van der Waals surface area contributed by atoms with Crippen LogP contribution in [0.1, 0.15) is 19.8 Å². The molecule has 6 nitrogen and oxygen atoms in total. The van der Waals surface area contributed by atoms with Crippen LogP contribution >= 0.6 is 0 Å². The van der Waals surface area contributed by atoms with Gasteiger partial charge in [0.2, 0.25) is 15.9 Å². The number of nitrogens with zero attached hydrogens (tertiary/aromatic N) is 1. The van der Waals surface area contributed by atoms with Gasteiger partial charge in [0.15, 0.2) is 4.75 Å². The van der Waals surface area contributed by atoms with E-state index in [1.807, 2.05) is 0 Å². The molecule has 1 aliphatic rings. The van der Waals surface area contributed by atoms with E-state index in [9.17, 15) is 26.4 Å². The van der Waals surface area contributed by atoms with E-state index >= 15 is 0 Å². The van der Waals surface area contributed by atoms with Crippen molar-refractivity contribution in [3.05, 3.63) is 24.3 Å². The number of benzene rings is 1. The molecule has 24 heavy (non-hydrogen) atoms. The summed E-state index contributed by atoms with van der Waals surface area (Å²) in [6.45, 7) is 1.68. The zero-order valence-electron chi connectivity index (χ0n) is 13.1. The minimum absolute atomic E-state index is 0.167. The molecule has 10 heteroatoms. The predicted molar refractivity (Wildman–Crippen MR) is 80.9 cm³/mol. The van der Waals surface area contributed by atoms with E-state index < -0.39 is 32.8 Å². The van der Waals surface area contributed by atoms with Crippen LogP contribution in [0.15, 0.2) is 24.3 Å². The maximum absolute atomic E-state index is 12.4. The minimum Gasteiger partial charge on any atom is -0.406 e. The van der Waals surface area contributed by atoms with E-state index in [1.165, 1.54) is 26.1 Å². The molecule has 1 heterocycles. The Morgan fingerprint density at radius 3 is 2.42 bits per heavy atom. The van der Waals surface area contributed by atoms with Gasteiger partial charge in [-0.1, -0.05) is 0 Å². The standard InChI is InChI=1S/C14H17F3N2O4S/c1-13(8-3-9-19(2)24(13,21)22)12(20)18-10-4-6-11(7-5-10)23-14(15,16)17/h4-7H,3,8-9H2,1-2H3,(H,18,20). The molecule has 1 saturated heterocycles. The maximum atomic E-state index is 12.4. The number of carbonyl (C=O) groups excluding carboxylic acids is 1. The van der Waals surface area contributed by atoms with E-state index in [2.05, 4.69) is 10.1 Å². The van der Waals surface area contributed by atoms with Gasteiger partial charge in [0, 0.05) is 19.3 Å². The SMILES string of the molecule is CN1CCCC(C)(C(=O)Nc2ccc(OC(F)(F)F)cc2)S1(=O)=O. The zero-order valence-corrected chi connectivity index (χ0v) is 13.9. The lowest BCUT2D eigenvalue weighted by molar-refractivity contribution is -0.274. The van der Waals surface area contributed by atoms with Crippen LogP contribution in [0.25, 0.3) is 0 Å². The second-order valence-corrected chi connectivity index (χ2v) is 8.16. The lowest BCUT2D eigenvalue weighted by Crippen LogP contribution is -2.56. The van der Waals surface area contributed by atoms with Crippen molar-refractivity contribution in [3.63, 3.8) is 0 Å². The lowest BCUT2D eigenvalue weighted by atomic mass is 10.0. The highest BCUT2D eigenvalue weighted by atomic mass is 32.2. The summed E-state index contributed by atoms with van der Waals surface area (Å²) in [5.74, 6) is -1.16. The molecule has 1 unspecified atom stereocenters. The summed E-state index contributed by atoms with van der Waals surface area (Å²) in [5, 5.41) is 2.44. The van der Waals surface area contributed by atoms with Crippen molar-refractivity contribution in [1.29, 1.82) is 0 Å². The molecule has 1 aromatic rings. The maximum Gasteiger partial charge on any atom is 0.573 e. The van der Waals surface area contributed by atoms with Crippen molar-refractivity contribution >= 4 is 21.6 Å². The first-order chi connectivity index (χ1) is 11.0.